The molecule has 1 N–H and O–H groups in total. The summed E-state index contributed by atoms with van der Waals surface area (Å²) in [6, 6.07) is 0.0300. The normalized spacial score (nSPS) is 38.4. The molecule has 6 aliphatic rings. The first-order chi connectivity index (χ1) is 14.9. The zero-order valence-electron chi connectivity index (χ0n) is 18.4. The number of carbonyl (C=O) groups is 2. The third-order valence-corrected chi connectivity index (χ3v) is 9.69. The number of anilines is 1. The number of fused-ring (bicyclic) bond motifs is 1. The Hall–Kier alpha value is -1.44. The maximum Gasteiger partial charge on any atom is 0.257 e. The molecule has 6 nitrogen and oxygen atoms in total. The highest BCUT2D eigenvalue weighted by Gasteiger charge is 2.61. The fraction of sp³-hybridized carbons (Fsp3) is 0.750. The molecule has 2 aliphatic heterocycles. The van der Waals surface area contributed by atoms with Crippen LogP contribution in [0.25, 0.3) is 0 Å². The lowest BCUT2D eigenvalue weighted by Crippen LogP contribution is -2.50. The zero-order chi connectivity index (χ0) is 21.3. The van der Waals surface area contributed by atoms with Crippen LogP contribution in [-0.4, -0.2) is 48.6 Å². The van der Waals surface area contributed by atoms with E-state index in [1.807, 2.05) is 18.7 Å². The molecule has 0 radical (unpaired) electrons. The number of ether oxygens (including phenoxy) is 2. The average molecular weight is 445 g/mol. The second-order valence-corrected chi connectivity index (χ2v) is 11.7. The van der Waals surface area contributed by atoms with Crippen molar-refractivity contribution in [3.8, 4) is 0 Å². The molecule has 1 aromatic heterocycles. The molecule has 4 saturated carbocycles. The van der Waals surface area contributed by atoms with E-state index in [0.29, 0.717) is 37.8 Å². The smallest absolute Gasteiger partial charge is 0.257 e. The minimum atomic E-state index is -0.199. The minimum absolute atomic E-state index is 0.0272. The molecule has 1 aromatic rings. The molecule has 4 bridgehead atoms. The average Bonchev–Trinajstić information content (AvgIpc) is 3.32. The third kappa shape index (κ3) is 3.10. The summed E-state index contributed by atoms with van der Waals surface area (Å²) in [4.78, 5) is 30.5. The Bertz CT molecular complexity index is 913. The Kier molecular flexibility index (Phi) is 4.75. The van der Waals surface area contributed by atoms with E-state index in [4.69, 9.17) is 9.47 Å². The predicted molar refractivity (Wildman–Crippen MR) is 118 cm³/mol. The van der Waals surface area contributed by atoms with Gasteiger partial charge in [-0.25, -0.2) is 0 Å². The maximum atomic E-state index is 13.8. The number of rotatable bonds is 3. The predicted octanol–water partition coefficient (Wildman–Crippen LogP) is 3.84. The van der Waals surface area contributed by atoms with Gasteiger partial charge in [-0.2, -0.15) is 0 Å². The van der Waals surface area contributed by atoms with Gasteiger partial charge in [-0.3, -0.25) is 9.59 Å². The summed E-state index contributed by atoms with van der Waals surface area (Å²) < 4.78 is 11.4. The summed E-state index contributed by atoms with van der Waals surface area (Å²) in [5.41, 5.74) is 1.60. The Morgan fingerprint density at radius 1 is 1.16 bits per heavy atom. The first kappa shape index (κ1) is 20.2. The molecule has 31 heavy (non-hydrogen) atoms. The van der Waals surface area contributed by atoms with Gasteiger partial charge in [0.1, 0.15) is 5.00 Å². The topological polar surface area (TPSA) is 67.9 Å². The molecule has 7 rings (SSSR count). The van der Waals surface area contributed by atoms with E-state index in [0.717, 1.165) is 46.5 Å². The highest BCUT2D eigenvalue weighted by atomic mass is 32.1. The Morgan fingerprint density at radius 3 is 2.71 bits per heavy atom. The highest BCUT2D eigenvalue weighted by Crippen LogP contribution is 2.65. The monoisotopic (exact) mass is 444 g/mol. The maximum absolute atomic E-state index is 13.8. The molecule has 6 atom stereocenters. The molecule has 5 fully saturated rings. The van der Waals surface area contributed by atoms with E-state index in [-0.39, 0.29) is 29.4 Å². The second-order valence-electron chi connectivity index (χ2n) is 10.6. The summed E-state index contributed by atoms with van der Waals surface area (Å²) in [5.74, 6) is 2.19. The molecule has 3 heterocycles. The van der Waals surface area contributed by atoms with E-state index in [2.05, 4.69) is 5.32 Å². The van der Waals surface area contributed by atoms with E-state index in [1.54, 1.807) is 11.3 Å². The van der Waals surface area contributed by atoms with Gasteiger partial charge in [0.25, 0.3) is 5.91 Å². The first-order valence-electron chi connectivity index (χ1n) is 11.9. The van der Waals surface area contributed by atoms with Crippen molar-refractivity contribution < 1.29 is 19.1 Å². The van der Waals surface area contributed by atoms with Crippen LogP contribution in [0.4, 0.5) is 5.00 Å². The van der Waals surface area contributed by atoms with E-state index >= 15 is 0 Å². The number of morpholine rings is 1. The van der Waals surface area contributed by atoms with Crippen molar-refractivity contribution in [2.24, 2.45) is 23.2 Å². The Morgan fingerprint density at radius 2 is 1.94 bits per heavy atom. The summed E-state index contributed by atoms with van der Waals surface area (Å²) in [7, 11) is 0. The largest absolute Gasteiger partial charge is 0.376 e. The second kappa shape index (κ2) is 7.29. The number of carbonyl (C=O) groups excluding carboxylic acids is 2. The van der Waals surface area contributed by atoms with Crippen molar-refractivity contribution in [3.05, 3.63) is 16.0 Å². The van der Waals surface area contributed by atoms with Crippen molar-refractivity contribution in [3.63, 3.8) is 0 Å². The molecular weight excluding hydrogens is 412 g/mol. The van der Waals surface area contributed by atoms with Crippen LogP contribution < -0.4 is 5.32 Å². The van der Waals surface area contributed by atoms with Crippen LogP contribution in [0, 0.1) is 23.2 Å². The van der Waals surface area contributed by atoms with Crippen molar-refractivity contribution in [2.75, 3.05) is 25.1 Å². The number of nitrogens with one attached hydrogen (secondary N) is 1. The van der Waals surface area contributed by atoms with Gasteiger partial charge in [-0.05, 0) is 75.7 Å². The van der Waals surface area contributed by atoms with Gasteiger partial charge in [-0.15, -0.1) is 11.3 Å². The van der Waals surface area contributed by atoms with Crippen molar-refractivity contribution in [1.82, 2.24) is 4.90 Å². The molecule has 1 saturated heterocycles. The standard InChI is InChI=1S/C24H32N2O4S/c1-13-11-30-14(2)10-26(13)22(27)20-18-3-4-29-12-19(18)31-21(20)25-23(28)24-8-15-5-16(9-24)7-17(24)6-15/h13-17H,3-12H2,1-2H3,(H,25,28)/t13?,14?,15-,16+,17?,24?. The van der Waals surface area contributed by atoms with E-state index < -0.39 is 0 Å². The van der Waals surface area contributed by atoms with Gasteiger partial charge >= 0.3 is 0 Å². The fourth-order valence-electron chi connectivity index (χ4n) is 7.27. The van der Waals surface area contributed by atoms with Gasteiger partial charge in [-0.1, -0.05) is 0 Å². The molecule has 4 aliphatic carbocycles. The minimum Gasteiger partial charge on any atom is -0.376 e. The molecule has 0 spiro atoms. The number of amides is 2. The van der Waals surface area contributed by atoms with Gasteiger partial charge in [0.15, 0.2) is 0 Å². The van der Waals surface area contributed by atoms with Crippen LogP contribution in [-0.2, 0) is 27.3 Å². The Balaban J connectivity index is 1.33. The SMILES string of the molecule is CC1CN(C(=O)c2c(NC(=O)C34C[C@@H]5CC3C[C@@H](C5)C4)sc3c2CCOC3)C(C)CO1. The molecule has 2 amide bonds. The van der Waals surface area contributed by atoms with E-state index in [1.165, 1.54) is 19.3 Å². The molecule has 7 heteroatoms. The summed E-state index contributed by atoms with van der Waals surface area (Å²) in [6.07, 6.45) is 6.58. The third-order valence-electron chi connectivity index (χ3n) is 8.57. The summed E-state index contributed by atoms with van der Waals surface area (Å²) >= 11 is 1.55. The lowest BCUT2D eigenvalue weighted by molar-refractivity contribution is -0.127. The van der Waals surface area contributed by atoms with Gasteiger partial charge < -0.3 is 19.7 Å². The lowest BCUT2D eigenvalue weighted by Gasteiger charge is -2.37. The van der Waals surface area contributed by atoms with Crippen LogP contribution in [0.1, 0.15) is 66.8 Å². The van der Waals surface area contributed by atoms with Crippen molar-refractivity contribution in [2.45, 2.75) is 71.1 Å². The molecule has 0 aromatic carbocycles. The van der Waals surface area contributed by atoms with Gasteiger partial charge in [0, 0.05) is 11.4 Å². The molecular formula is C24H32N2O4S. The molecule has 4 unspecified atom stereocenters. The van der Waals surface area contributed by atoms with Crippen LogP contribution in [0.3, 0.4) is 0 Å². The number of thiophene rings is 1. The molecule has 168 valence electrons. The van der Waals surface area contributed by atoms with Crippen LogP contribution in [0.2, 0.25) is 0 Å². The number of nitrogens with zero attached hydrogens (tertiary/aromatic N) is 1. The zero-order valence-corrected chi connectivity index (χ0v) is 19.3. The van der Waals surface area contributed by atoms with Crippen LogP contribution in [0.15, 0.2) is 0 Å². The number of hydrogen-bond donors (Lipinski definition) is 1. The number of hydrogen-bond acceptors (Lipinski definition) is 5. The summed E-state index contributed by atoms with van der Waals surface area (Å²) in [6.45, 7) is 6.35. The van der Waals surface area contributed by atoms with E-state index in [9.17, 15) is 9.59 Å². The fourth-order valence-corrected chi connectivity index (χ4v) is 8.44. The van der Waals surface area contributed by atoms with Gasteiger partial charge in [0.2, 0.25) is 5.91 Å². The van der Waals surface area contributed by atoms with Crippen molar-refractivity contribution >= 4 is 28.2 Å². The highest BCUT2D eigenvalue weighted by molar-refractivity contribution is 7.17. The van der Waals surface area contributed by atoms with Crippen LogP contribution >= 0.6 is 11.3 Å². The lowest BCUT2D eigenvalue weighted by atomic mass is 9.75. The Labute approximate surface area is 187 Å². The van der Waals surface area contributed by atoms with Gasteiger partial charge in [0.05, 0.1) is 42.9 Å². The van der Waals surface area contributed by atoms with Crippen molar-refractivity contribution in [1.29, 1.82) is 0 Å². The van der Waals surface area contributed by atoms with Crippen LogP contribution in [0.5, 0.6) is 0 Å². The first-order valence-corrected chi connectivity index (χ1v) is 12.7. The quantitative estimate of drug-likeness (QED) is 0.769. The summed E-state index contributed by atoms with van der Waals surface area (Å²) in [5, 5.41) is 4.05.